The summed E-state index contributed by atoms with van der Waals surface area (Å²) in [5.41, 5.74) is 13.5. The van der Waals surface area contributed by atoms with Gasteiger partial charge in [0.2, 0.25) is 0 Å². The van der Waals surface area contributed by atoms with E-state index in [4.69, 9.17) is 14.4 Å². The molecular weight excluding hydrogens is 562 g/mol. The maximum atomic E-state index is 6.42. The molecule has 4 nitrogen and oxygen atoms in total. The lowest BCUT2D eigenvalue weighted by Gasteiger charge is -2.24. The number of rotatable bonds is 4. The van der Waals surface area contributed by atoms with Crippen LogP contribution in [0.5, 0.6) is 0 Å². The summed E-state index contributed by atoms with van der Waals surface area (Å²) < 4.78 is 6.42. The van der Waals surface area contributed by atoms with Crippen LogP contribution in [-0.2, 0) is 5.41 Å². The monoisotopic (exact) mass is 591 g/mol. The smallest absolute Gasteiger partial charge is 0.160 e. The Morgan fingerprint density at radius 2 is 1.17 bits per heavy atom. The van der Waals surface area contributed by atoms with Gasteiger partial charge in [0.25, 0.3) is 0 Å². The summed E-state index contributed by atoms with van der Waals surface area (Å²) in [6.45, 7) is 4.57. The summed E-state index contributed by atoms with van der Waals surface area (Å²) in [7, 11) is 0. The number of hydrogen-bond acceptors (Lipinski definition) is 4. The third-order valence-electron chi connectivity index (χ3n) is 9.40. The summed E-state index contributed by atoms with van der Waals surface area (Å²) in [5, 5.41) is 2.25. The van der Waals surface area contributed by atoms with Gasteiger partial charge in [-0.3, -0.25) is 4.98 Å². The van der Waals surface area contributed by atoms with Crippen molar-refractivity contribution in [3.05, 3.63) is 151 Å². The highest BCUT2D eigenvalue weighted by molar-refractivity contribution is 6.09. The quantitative estimate of drug-likeness (QED) is 0.204. The standard InChI is InChI=1S/C42H29N3O/c1-42(2)35-15-5-3-12-34(35)39-37(42)38(44-41(45-39)28-19-17-26(18-20-28)27-21-23-43-24-22-27)30-10-7-9-29(25-30)31-13-8-14-33-32-11-4-6-16-36(32)46-40(31)33/h3-25H,1-2H3. The number of hydrogen-bond donors (Lipinski definition) is 0. The molecule has 0 fully saturated rings. The Morgan fingerprint density at radius 3 is 2.04 bits per heavy atom. The van der Waals surface area contributed by atoms with E-state index in [0.717, 1.165) is 72.3 Å². The molecule has 0 spiro atoms. The Kier molecular flexibility index (Phi) is 5.81. The van der Waals surface area contributed by atoms with Crippen LogP contribution in [-0.4, -0.2) is 15.0 Å². The Morgan fingerprint density at radius 1 is 0.522 bits per heavy atom. The zero-order valence-corrected chi connectivity index (χ0v) is 25.5. The van der Waals surface area contributed by atoms with Crippen LogP contribution in [0.15, 0.2) is 144 Å². The molecule has 0 atom stereocenters. The minimum absolute atomic E-state index is 0.264. The molecule has 1 aliphatic carbocycles. The molecule has 9 rings (SSSR count). The summed E-state index contributed by atoms with van der Waals surface area (Å²) in [6, 6.07) is 44.5. The molecule has 0 bridgehead atoms. The zero-order valence-electron chi connectivity index (χ0n) is 25.5. The molecule has 8 aromatic rings. The molecule has 46 heavy (non-hydrogen) atoms. The number of pyridine rings is 1. The number of aromatic nitrogens is 3. The van der Waals surface area contributed by atoms with Gasteiger partial charge in [-0.2, -0.15) is 0 Å². The number of nitrogens with zero attached hydrogens (tertiary/aromatic N) is 3. The first kappa shape index (κ1) is 26.5. The van der Waals surface area contributed by atoms with Gasteiger partial charge in [-0.25, -0.2) is 9.97 Å². The van der Waals surface area contributed by atoms with Gasteiger partial charge < -0.3 is 4.42 Å². The summed E-state index contributed by atoms with van der Waals surface area (Å²) >= 11 is 0. The first-order valence-electron chi connectivity index (χ1n) is 15.6. The lowest BCUT2D eigenvalue weighted by Crippen LogP contribution is -2.17. The highest BCUT2D eigenvalue weighted by atomic mass is 16.3. The van der Waals surface area contributed by atoms with Crippen molar-refractivity contribution in [1.29, 1.82) is 0 Å². The highest BCUT2D eigenvalue weighted by Crippen LogP contribution is 2.51. The van der Waals surface area contributed by atoms with Crippen LogP contribution in [0.25, 0.3) is 78.1 Å². The average Bonchev–Trinajstić information content (AvgIpc) is 3.61. The van der Waals surface area contributed by atoms with Crippen molar-refractivity contribution in [2.45, 2.75) is 19.3 Å². The Bertz CT molecular complexity index is 2440. The van der Waals surface area contributed by atoms with E-state index in [1.807, 2.05) is 36.7 Å². The molecule has 5 aromatic carbocycles. The number of benzene rings is 5. The largest absolute Gasteiger partial charge is 0.455 e. The second-order valence-corrected chi connectivity index (χ2v) is 12.5. The van der Waals surface area contributed by atoms with Crippen molar-refractivity contribution in [2.24, 2.45) is 0 Å². The number of para-hydroxylation sites is 2. The van der Waals surface area contributed by atoms with Crippen molar-refractivity contribution in [3.8, 4) is 56.2 Å². The van der Waals surface area contributed by atoms with Gasteiger partial charge in [0.05, 0.1) is 11.4 Å². The average molecular weight is 592 g/mol. The van der Waals surface area contributed by atoms with Gasteiger partial charge >= 0.3 is 0 Å². The number of fused-ring (bicyclic) bond motifs is 6. The minimum Gasteiger partial charge on any atom is -0.455 e. The van der Waals surface area contributed by atoms with Gasteiger partial charge in [-0.1, -0.05) is 117 Å². The Labute approximate surface area is 267 Å². The molecule has 0 aliphatic heterocycles. The third-order valence-corrected chi connectivity index (χ3v) is 9.40. The van der Waals surface area contributed by atoms with Crippen molar-refractivity contribution >= 4 is 21.9 Å². The molecule has 4 heteroatoms. The molecular formula is C42H29N3O. The second kappa shape index (κ2) is 10.1. The molecule has 0 amide bonds. The van der Waals surface area contributed by atoms with E-state index in [1.165, 1.54) is 11.1 Å². The van der Waals surface area contributed by atoms with Crippen molar-refractivity contribution < 1.29 is 4.42 Å². The van der Waals surface area contributed by atoms with Crippen LogP contribution in [0.4, 0.5) is 0 Å². The van der Waals surface area contributed by atoms with E-state index in [0.29, 0.717) is 5.82 Å². The first-order chi connectivity index (χ1) is 22.6. The van der Waals surface area contributed by atoms with Gasteiger partial charge in [0.15, 0.2) is 5.82 Å². The second-order valence-electron chi connectivity index (χ2n) is 12.5. The Hall–Kier alpha value is -5.87. The fourth-order valence-corrected chi connectivity index (χ4v) is 7.12. The molecule has 0 unspecified atom stereocenters. The van der Waals surface area contributed by atoms with Crippen LogP contribution in [0.1, 0.15) is 25.0 Å². The SMILES string of the molecule is CC1(C)c2ccccc2-c2nc(-c3ccc(-c4ccncc4)cc3)nc(-c3cccc(-c4cccc5c4oc4ccccc45)c3)c21. The summed E-state index contributed by atoms with van der Waals surface area (Å²) in [4.78, 5) is 14.8. The molecule has 3 heterocycles. The van der Waals surface area contributed by atoms with Crippen LogP contribution in [0, 0.1) is 0 Å². The molecule has 1 aliphatic rings. The van der Waals surface area contributed by atoms with Crippen LogP contribution < -0.4 is 0 Å². The number of furan rings is 1. The van der Waals surface area contributed by atoms with Crippen LogP contribution >= 0.6 is 0 Å². The lowest BCUT2D eigenvalue weighted by molar-refractivity contribution is 0.658. The maximum Gasteiger partial charge on any atom is 0.160 e. The minimum atomic E-state index is -0.264. The molecule has 0 saturated carbocycles. The topological polar surface area (TPSA) is 51.8 Å². The summed E-state index contributed by atoms with van der Waals surface area (Å²) in [6.07, 6.45) is 3.64. The van der Waals surface area contributed by atoms with Crippen molar-refractivity contribution in [2.75, 3.05) is 0 Å². The van der Waals surface area contributed by atoms with E-state index in [2.05, 4.69) is 122 Å². The lowest BCUT2D eigenvalue weighted by atomic mass is 9.80. The first-order valence-corrected chi connectivity index (χ1v) is 15.6. The zero-order chi connectivity index (χ0) is 30.8. The molecule has 218 valence electrons. The van der Waals surface area contributed by atoms with E-state index in [-0.39, 0.29) is 5.41 Å². The van der Waals surface area contributed by atoms with Crippen molar-refractivity contribution in [1.82, 2.24) is 15.0 Å². The predicted molar refractivity (Wildman–Crippen MR) is 186 cm³/mol. The van der Waals surface area contributed by atoms with Gasteiger partial charge in [0.1, 0.15) is 11.2 Å². The van der Waals surface area contributed by atoms with E-state index >= 15 is 0 Å². The fourth-order valence-electron chi connectivity index (χ4n) is 7.12. The van der Waals surface area contributed by atoms with Gasteiger partial charge in [-0.15, -0.1) is 0 Å². The van der Waals surface area contributed by atoms with E-state index < -0.39 is 0 Å². The third kappa shape index (κ3) is 4.04. The van der Waals surface area contributed by atoms with E-state index in [9.17, 15) is 0 Å². The van der Waals surface area contributed by atoms with Gasteiger partial charge in [-0.05, 0) is 46.5 Å². The summed E-state index contributed by atoms with van der Waals surface area (Å²) in [5.74, 6) is 0.715. The molecule has 0 radical (unpaired) electrons. The fraction of sp³-hybridized carbons (Fsp3) is 0.0714. The van der Waals surface area contributed by atoms with E-state index in [1.54, 1.807) is 0 Å². The Balaban J connectivity index is 1.24. The van der Waals surface area contributed by atoms with Crippen LogP contribution in [0.2, 0.25) is 0 Å². The molecule has 0 N–H and O–H groups in total. The molecule has 3 aromatic heterocycles. The van der Waals surface area contributed by atoms with Gasteiger partial charge in [0, 0.05) is 56.4 Å². The predicted octanol–water partition coefficient (Wildman–Crippen LogP) is 10.7. The normalized spacial score (nSPS) is 13.2. The maximum absolute atomic E-state index is 6.42. The molecule has 0 saturated heterocycles. The van der Waals surface area contributed by atoms with Crippen molar-refractivity contribution in [3.63, 3.8) is 0 Å². The van der Waals surface area contributed by atoms with Crippen LogP contribution in [0.3, 0.4) is 0 Å². The highest BCUT2D eigenvalue weighted by Gasteiger charge is 2.40.